The number of unbranched alkanes of at least 4 members (excludes halogenated alkanes) is 36. The van der Waals surface area contributed by atoms with Crippen LogP contribution in [0.2, 0.25) is 0 Å². The van der Waals surface area contributed by atoms with Crippen LogP contribution in [0.3, 0.4) is 0 Å². The first-order valence-electron chi connectivity index (χ1n) is 32.3. The minimum absolute atomic E-state index is 0.0956. The predicted octanol–water partition coefficient (Wildman–Crippen LogP) is 22.5. The highest BCUT2D eigenvalue weighted by molar-refractivity contribution is 6.03. The summed E-state index contributed by atoms with van der Waals surface area (Å²) in [4.78, 5) is 0. The van der Waals surface area contributed by atoms with Crippen LogP contribution < -0.4 is 0 Å². The minimum Gasteiger partial charge on any atom is -0.243 e. The molecule has 0 N–H and O–H groups in total. The largest absolute Gasteiger partial charge is 0.243 e. The summed E-state index contributed by atoms with van der Waals surface area (Å²) in [5.41, 5.74) is 14.9. The first-order chi connectivity index (χ1) is 36.6. The lowest BCUT2D eigenvalue weighted by Crippen LogP contribution is -2.27. The molecular weight excluding hydrogens is 905 g/mol. The van der Waals surface area contributed by atoms with Crippen LogP contribution in [0.15, 0.2) is 45.7 Å². The number of hydrogen-bond acceptors (Lipinski definition) is 6. The number of benzene rings is 3. The smallest absolute Gasteiger partial charge is 0.143 e. The molecule has 2 aliphatic carbocycles. The first kappa shape index (κ1) is 58.1. The van der Waals surface area contributed by atoms with Gasteiger partial charge in [0, 0.05) is 22.0 Å². The van der Waals surface area contributed by atoms with Gasteiger partial charge in [0.1, 0.15) is 22.1 Å². The summed E-state index contributed by atoms with van der Waals surface area (Å²) >= 11 is 0. The van der Waals surface area contributed by atoms with Gasteiger partial charge in [0.05, 0.1) is 0 Å². The van der Waals surface area contributed by atoms with E-state index in [-0.39, 0.29) is 10.8 Å². The predicted molar refractivity (Wildman–Crippen MR) is 315 cm³/mol. The molecule has 0 saturated heterocycles. The van der Waals surface area contributed by atoms with Crippen molar-refractivity contribution >= 4 is 22.1 Å². The molecule has 0 amide bonds. The fraction of sp³-hybridized carbons (Fsp3) is 0.735. The average molecular weight is 1010 g/mol. The highest BCUT2D eigenvalue weighted by Gasteiger charge is 2.49. The Labute approximate surface area is 451 Å². The third-order valence-electron chi connectivity index (χ3n) is 18.4. The Morgan fingerprint density at radius 2 is 0.527 bits per heavy atom. The highest BCUT2D eigenvalue weighted by atomic mass is 16.6. The molecule has 0 fully saturated rings. The lowest BCUT2D eigenvalue weighted by atomic mass is 9.68. The molecule has 0 bridgehead atoms. The molecule has 6 nitrogen and oxygen atoms in total. The summed E-state index contributed by atoms with van der Waals surface area (Å²) in [7, 11) is 0. The van der Waals surface area contributed by atoms with Gasteiger partial charge in [-0.1, -0.05) is 297 Å². The maximum Gasteiger partial charge on any atom is 0.143 e. The molecule has 7 rings (SSSR count). The third-order valence-corrected chi connectivity index (χ3v) is 18.4. The van der Waals surface area contributed by atoms with Crippen molar-refractivity contribution in [2.45, 2.75) is 321 Å². The summed E-state index contributed by atoms with van der Waals surface area (Å²) in [5, 5.41) is 18.5. The molecule has 6 heteroatoms. The lowest BCUT2D eigenvalue weighted by molar-refractivity contribution is 0.315. The van der Waals surface area contributed by atoms with E-state index in [1.165, 1.54) is 327 Å². The van der Waals surface area contributed by atoms with Crippen molar-refractivity contribution in [3.05, 3.63) is 58.7 Å². The monoisotopic (exact) mass is 1010 g/mol. The fourth-order valence-corrected chi connectivity index (χ4v) is 14.1. The van der Waals surface area contributed by atoms with E-state index >= 15 is 0 Å². The van der Waals surface area contributed by atoms with Crippen molar-refractivity contribution in [3.8, 4) is 22.3 Å². The van der Waals surface area contributed by atoms with Crippen molar-refractivity contribution in [2.24, 2.45) is 0 Å². The molecule has 0 saturated carbocycles. The van der Waals surface area contributed by atoms with Crippen LogP contribution in [0.1, 0.15) is 332 Å². The Bertz CT molecular complexity index is 2110. The third kappa shape index (κ3) is 15.4. The van der Waals surface area contributed by atoms with Gasteiger partial charge in [-0.3, -0.25) is 0 Å². The number of aromatic nitrogens is 4. The fourth-order valence-electron chi connectivity index (χ4n) is 14.1. The summed E-state index contributed by atoms with van der Waals surface area (Å²) in [5.74, 6) is 0. The van der Waals surface area contributed by atoms with Crippen LogP contribution in [0, 0.1) is 0 Å². The van der Waals surface area contributed by atoms with Gasteiger partial charge >= 0.3 is 0 Å². The van der Waals surface area contributed by atoms with Crippen LogP contribution in [-0.4, -0.2) is 20.6 Å². The standard InChI is InChI=1S/C68H106N4O2/c1-5-9-13-17-21-25-29-33-37-41-49-67(50-42-38-34-30-26-22-18-14-10-6-2)57-45-47-61-65(71-73-69-61)63(57)55-54-60-56(53-59(55)67)64-58(46-48-62-66(64)72-74-70-62)68(60,51-43-39-35-31-27-23-19-15-11-7-3)52-44-40-36-32-28-24-20-16-12-8-4/h45-48,53-54H,5-44,49-52H2,1-4H3. The highest BCUT2D eigenvalue weighted by Crippen LogP contribution is 2.62. The van der Waals surface area contributed by atoms with E-state index in [0.717, 1.165) is 22.1 Å². The van der Waals surface area contributed by atoms with Gasteiger partial charge in [-0.05, 0) is 104 Å². The zero-order chi connectivity index (χ0) is 51.5. The van der Waals surface area contributed by atoms with Gasteiger partial charge < -0.3 is 0 Å². The molecule has 74 heavy (non-hydrogen) atoms. The van der Waals surface area contributed by atoms with Crippen molar-refractivity contribution in [1.29, 1.82) is 0 Å². The first-order valence-corrected chi connectivity index (χ1v) is 32.3. The zero-order valence-electron chi connectivity index (χ0n) is 48.2. The van der Waals surface area contributed by atoms with E-state index in [9.17, 15) is 0 Å². The van der Waals surface area contributed by atoms with Crippen LogP contribution in [0.4, 0.5) is 0 Å². The number of hydrogen-bond donors (Lipinski definition) is 0. The summed E-state index contributed by atoms with van der Waals surface area (Å²) < 4.78 is 11.3. The van der Waals surface area contributed by atoms with E-state index in [1.54, 1.807) is 0 Å². The second kappa shape index (κ2) is 32.3. The molecule has 2 heterocycles. The van der Waals surface area contributed by atoms with Crippen molar-refractivity contribution < 1.29 is 9.26 Å². The number of nitrogens with zero attached hydrogens (tertiary/aromatic N) is 4. The summed E-state index contributed by atoms with van der Waals surface area (Å²) in [6.45, 7) is 9.28. The molecule has 2 aromatic heterocycles. The lowest BCUT2D eigenvalue weighted by Gasteiger charge is -2.35. The van der Waals surface area contributed by atoms with Crippen LogP contribution in [0.5, 0.6) is 0 Å². The Morgan fingerprint density at radius 3 is 0.784 bits per heavy atom. The van der Waals surface area contributed by atoms with Gasteiger partial charge in [0.15, 0.2) is 0 Å². The minimum atomic E-state index is -0.0956. The Kier molecular flexibility index (Phi) is 25.3. The Balaban J connectivity index is 1.22. The van der Waals surface area contributed by atoms with Crippen molar-refractivity contribution in [3.63, 3.8) is 0 Å². The Hall–Kier alpha value is -3.54. The average Bonchev–Trinajstić information content (AvgIpc) is 4.21. The van der Waals surface area contributed by atoms with E-state index in [4.69, 9.17) is 19.6 Å². The van der Waals surface area contributed by atoms with Crippen LogP contribution >= 0.6 is 0 Å². The van der Waals surface area contributed by atoms with Crippen molar-refractivity contribution in [1.82, 2.24) is 20.6 Å². The quantitative estimate of drug-likeness (QED) is 0.0362. The topological polar surface area (TPSA) is 77.8 Å². The van der Waals surface area contributed by atoms with Gasteiger partial charge in [0.2, 0.25) is 0 Å². The van der Waals surface area contributed by atoms with Crippen LogP contribution in [-0.2, 0) is 10.8 Å². The Morgan fingerprint density at radius 1 is 0.284 bits per heavy atom. The molecule has 0 radical (unpaired) electrons. The van der Waals surface area contributed by atoms with E-state index < -0.39 is 0 Å². The molecular formula is C68H106N4O2. The maximum atomic E-state index is 5.64. The molecule has 410 valence electrons. The second-order valence-electron chi connectivity index (χ2n) is 24.1. The van der Waals surface area contributed by atoms with Gasteiger partial charge in [-0.15, -0.1) is 0 Å². The number of fused-ring (bicyclic) bond motifs is 10. The summed E-state index contributed by atoms with van der Waals surface area (Å²) in [6, 6.07) is 14.8. The molecule has 0 spiro atoms. The molecule has 5 aromatic rings. The molecule has 3 aromatic carbocycles. The molecule has 0 atom stereocenters. The molecule has 2 aliphatic rings. The zero-order valence-corrected chi connectivity index (χ0v) is 48.2. The van der Waals surface area contributed by atoms with Crippen molar-refractivity contribution in [2.75, 3.05) is 0 Å². The van der Waals surface area contributed by atoms with Crippen LogP contribution in [0.25, 0.3) is 44.3 Å². The summed E-state index contributed by atoms with van der Waals surface area (Å²) in [6.07, 6.45) is 58.8. The van der Waals surface area contributed by atoms with E-state index in [2.05, 4.69) is 74.4 Å². The molecule has 0 unspecified atom stereocenters. The normalized spacial score (nSPS) is 14.1. The molecule has 0 aliphatic heterocycles. The second-order valence-corrected chi connectivity index (χ2v) is 24.1. The van der Waals surface area contributed by atoms with Gasteiger partial charge in [0.25, 0.3) is 0 Å². The van der Waals surface area contributed by atoms with Gasteiger partial charge in [-0.25, -0.2) is 9.26 Å². The van der Waals surface area contributed by atoms with E-state index in [1.807, 2.05) is 0 Å². The number of rotatable bonds is 44. The SMILES string of the molecule is CCCCCCCCCCCCC1(CCCCCCCCCCCC)c2cc3c(cc2-c2c1ccc1nonc21)C(CCCCCCCCCCCC)(CCCCCCCCCCCC)c1ccc2nonc2c1-3. The van der Waals surface area contributed by atoms with E-state index in [0.29, 0.717) is 0 Å². The maximum absolute atomic E-state index is 5.64. The van der Waals surface area contributed by atoms with Gasteiger partial charge in [-0.2, -0.15) is 0 Å².